The summed E-state index contributed by atoms with van der Waals surface area (Å²) in [5.41, 5.74) is 4.04. The molecule has 3 rings (SSSR count). The number of nitrogens with one attached hydrogen (secondary N) is 1. The molecule has 0 heterocycles. The van der Waals surface area contributed by atoms with Crippen molar-refractivity contribution in [3.63, 3.8) is 0 Å². The lowest BCUT2D eigenvalue weighted by Crippen LogP contribution is -2.51. The van der Waals surface area contributed by atoms with Crippen molar-refractivity contribution in [2.75, 3.05) is 12.3 Å². The number of thioether (sulfide) groups is 1. The van der Waals surface area contributed by atoms with Crippen LogP contribution in [0.4, 0.5) is 0 Å². The highest BCUT2D eigenvalue weighted by Crippen LogP contribution is 2.25. The molecule has 0 spiro atoms. The van der Waals surface area contributed by atoms with Gasteiger partial charge in [-0.2, -0.15) is 0 Å². The highest BCUT2D eigenvalue weighted by atomic mass is 35.5. The van der Waals surface area contributed by atoms with Crippen LogP contribution < -0.4 is 5.32 Å². The normalized spacial score (nSPS) is 11.8. The van der Waals surface area contributed by atoms with Gasteiger partial charge in [0.2, 0.25) is 11.8 Å². The zero-order valence-corrected chi connectivity index (χ0v) is 23.9. The third-order valence-corrected chi connectivity index (χ3v) is 7.61. The fourth-order valence-electron chi connectivity index (χ4n) is 3.92. The van der Waals surface area contributed by atoms with Crippen LogP contribution in [0.1, 0.15) is 36.1 Å². The van der Waals surface area contributed by atoms with Gasteiger partial charge in [-0.05, 0) is 47.2 Å². The SMILES string of the molecule is Cc1ccccc1CN(C(=O)CSCc1ccc(Cl)cc1Cl)[C@H](Cc1ccccc1)C(=O)NCC(C)C. The second-order valence-electron chi connectivity index (χ2n) is 9.52. The van der Waals surface area contributed by atoms with Crippen LogP contribution >= 0.6 is 35.0 Å². The lowest BCUT2D eigenvalue weighted by atomic mass is 10.0. The number of aryl methyl sites for hydroxylation is 1. The fourth-order valence-corrected chi connectivity index (χ4v) is 5.39. The highest BCUT2D eigenvalue weighted by Gasteiger charge is 2.30. The molecule has 0 saturated heterocycles. The second-order valence-corrected chi connectivity index (χ2v) is 11.4. The highest BCUT2D eigenvalue weighted by molar-refractivity contribution is 7.99. The van der Waals surface area contributed by atoms with Gasteiger partial charge >= 0.3 is 0 Å². The van der Waals surface area contributed by atoms with Crippen LogP contribution in [0.15, 0.2) is 72.8 Å². The minimum Gasteiger partial charge on any atom is -0.354 e. The van der Waals surface area contributed by atoms with Crippen molar-refractivity contribution >= 4 is 46.8 Å². The second kappa shape index (κ2) is 14.5. The van der Waals surface area contributed by atoms with E-state index >= 15 is 0 Å². The first-order valence-corrected chi connectivity index (χ1v) is 14.3. The quantitative estimate of drug-likeness (QED) is 0.262. The fraction of sp³-hybridized carbons (Fsp3) is 0.333. The van der Waals surface area contributed by atoms with Crippen molar-refractivity contribution in [1.82, 2.24) is 10.2 Å². The summed E-state index contributed by atoms with van der Waals surface area (Å²) in [5.74, 6) is 0.891. The van der Waals surface area contributed by atoms with Gasteiger partial charge in [-0.1, -0.05) is 97.7 Å². The van der Waals surface area contributed by atoms with Gasteiger partial charge in [0, 0.05) is 35.3 Å². The minimum absolute atomic E-state index is 0.0843. The number of amides is 2. The van der Waals surface area contributed by atoms with Crippen LogP contribution in [0.25, 0.3) is 0 Å². The molecular formula is C30H34Cl2N2O2S. The Morgan fingerprint density at radius 3 is 2.32 bits per heavy atom. The van der Waals surface area contributed by atoms with E-state index in [1.165, 1.54) is 11.8 Å². The summed E-state index contributed by atoms with van der Waals surface area (Å²) < 4.78 is 0. The first-order valence-electron chi connectivity index (χ1n) is 12.4. The van der Waals surface area contributed by atoms with E-state index in [-0.39, 0.29) is 17.6 Å². The maximum Gasteiger partial charge on any atom is 0.243 e. The largest absolute Gasteiger partial charge is 0.354 e. The first kappa shape index (κ1) is 29.1. The van der Waals surface area contributed by atoms with Crippen molar-refractivity contribution in [3.8, 4) is 0 Å². The van der Waals surface area contributed by atoms with E-state index in [0.717, 1.165) is 22.3 Å². The van der Waals surface area contributed by atoms with Gasteiger partial charge in [0.15, 0.2) is 0 Å². The Balaban J connectivity index is 1.86. The molecule has 1 N–H and O–H groups in total. The number of halogens is 2. The number of carbonyl (C=O) groups excluding carboxylic acids is 2. The molecule has 3 aromatic rings. The van der Waals surface area contributed by atoms with Crippen LogP contribution in [-0.4, -0.2) is 35.1 Å². The molecule has 2 amide bonds. The molecule has 0 aliphatic rings. The Labute approximate surface area is 234 Å². The molecule has 37 heavy (non-hydrogen) atoms. The predicted octanol–water partition coefficient (Wildman–Crippen LogP) is 6.95. The summed E-state index contributed by atoms with van der Waals surface area (Å²) in [5, 5.41) is 4.23. The average molecular weight is 558 g/mol. The van der Waals surface area contributed by atoms with Crippen molar-refractivity contribution in [3.05, 3.63) is 105 Å². The molecule has 0 unspecified atom stereocenters. The van der Waals surface area contributed by atoms with Gasteiger partial charge < -0.3 is 10.2 Å². The first-order chi connectivity index (χ1) is 17.7. The van der Waals surface area contributed by atoms with Crippen LogP contribution in [-0.2, 0) is 28.3 Å². The zero-order valence-electron chi connectivity index (χ0n) is 21.5. The minimum atomic E-state index is -0.632. The van der Waals surface area contributed by atoms with Gasteiger partial charge in [-0.25, -0.2) is 0 Å². The van der Waals surface area contributed by atoms with E-state index in [1.807, 2.05) is 67.6 Å². The molecule has 0 aromatic heterocycles. The molecule has 0 aliphatic carbocycles. The Bertz CT molecular complexity index is 1190. The van der Waals surface area contributed by atoms with Crippen molar-refractivity contribution in [1.29, 1.82) is 0 Å². The molecule has 196 valence electrons. The molecule has 0 saturated carbocycles. The van der Waals surface area contributed by atoms with E-state index in [4.69, 9.17) is 23.2 Å². The van der Waals surface area contributed by atoms with E-state index in [2.05, 4.69) is 19.2 Å². The summed E-state index contributed by atoms with van der Waals surface area (Å²) in [6.07, 6.45) is 0.441. The number of hydrogen-bond donors (Lipinski definition) is 1. The Kier molecular flexibility index (Phi) is 11.4. The monoisotopic (exact) mass is 556 g/mol. The molecule has 1 atom stereocenters. The molecule has 7 heteroatoms. The number of carbonyl (C=O) groups is 2. The van der Waals surface area contributed by atoms with E-state index in [9.17, 15) is 9.59 Å². The molecule has 0 radical (unpaired) electrons. The third kappa shape index (κ3) is 9.10. The van der Waals surface area contributed by atoms with Gasteiger partial charge in [-0.3, -0.25) is 9.59 Å². The lowest BCUT2D eigenvalue weighted by molar-refractivity contribution is -0.139. The van der Waals surface area contributed by atoms with Crippen LogP contribution in [0.3, 0.4) is 0 Å². The van der Waals surface area contributed by atoms with Gasteiger partial charge in [-0.15, -0.1) is 11.8 Å². The molecular weight excluding hydrogens is 523 g/mol. The maximum atomic E-state index is 13.7. The Hall–Kier alpha value is -2.47. The predicted molar refractivity (Wildman–Crippen MR) is 156 cm³/mol. The van der Waals surface area contributed by atoms with E-state index in [0.29, 0.717) is 41.2 Å². The summed E-state index contributed by atoms with van der Waals surface area (Å²) in [4.78, 5) is 29.0. The Morgan fingerprint density at radius 2 is 1.65 bits per heavy atom. The maximum absolute atomic E-state index is 13.7. The summed E-state index contributed by atoms with van der Waals surface area (Å²) in [6, 6.07) is 22.6. The van der Waals surface area contributed by atoms with Crippen LogP contribution in [0.5, 0.6) is 0 Å². The number of hydrogen-bond acceptors (Lipinski definition) is 3. The summed E-state index contributed by atoms with van der Waals surface area (Å²) >= 11 is 13.8. The van der Waals surface area contributed by atoms with Crippen LogP contribution in [0.2, 0.25) is 10.0 Å². The molecule has 3 aromatic carbocycles. The van der Waals surface area contributed by atoms with E-state index in [1.54, 1.807) is 17.0 Å². The topological polar surface area (TPSA) is 49.4 Å². The molecule has 0 aliphatic heterocycles. The summed E-state index contributed by atoms with van der Waals surface area (Å²) in [6.45, 7) is 7.06. The van der Waals surface area contributed by atoms with Crippen molar-refractivity contribution in [2.24, 2.45) is 5.92 Å². The van der Waals surface area contributed by atoms with Gasteiger partial charge in [0.25, 0.3) is 0 Å². The average Bonchev–Trinajstić information content (AvgIpc) is 2.87. The zero-order chi connectivity index (χ0) is 26.8. The lowest BCUT2D eigenvalue weighted by Gasteiger charge is -2.32. The van der Waals surface area contributed by atoms with Crippen LogP contribution in [0, 0.1) is 12.8 Å². The smallest absolute Gasteiger partial charge is 0.243 e. The number of nitrogens with zero attached hydrogens (tertiary/aromatic N) is 1. The number of rotatable bonds is 12. The molecule has 4 nitrogen and oxygen atoms in total. The number of benzene rings is 3. The van der Waals surface area contributed by atoms with E-state index < -0.39 is 6.04 Å². The van der Waals surface area contributed by atoms with Crippen molar-refractivity contribution in [2.45, 2.75) is 45.5 Å². The molecule has 0 bridgehead atoms. The van der Waals surface area contributed by atoms with Gasteiger partial charge in [0.1, 0.15) is 6.04 Å². The van der Waals surface area contributed by atoms with Gasteiger partial charge in [0.05, 0.1) is 5.75 Å². The third-order valence-electron chi connectivity index (χ3n) is 6.06. The standard InChI is InChI=1S/C30H34Cl2N2O2S/c1-21(2)17-33-30(36)28(15-23-10-5-4-6-11-23)34(18-24-12-8-7-9-22(24)3)29(35)20-37-19-25-13-14-26(31)16-27(25)32/h4-14,16,21,28H,15,17-20H2,1-3H3,(H,33,36)/t28-/m1/s1. The molecule has 0 fully saturated rings. The Morgan fingerprint density at radius 1 is 0.946 bits per heavy atom. The summed E-state index contributed by atoms with van der Waals surface area (Å²) in [7, 11) is 0. The van der Waals surface area contributed by atoms with Crippen molar-refractivity contribution < 1.29 is 9.59 Å².